The maximum atomic E-state index is 13.0. The highest BCUT2D eigenvalue weighted by molar-refractivity contribution is 7.94. The first kappa shape index (κ1) is 19.5. The lowest BCUT2D eigenvalue weighted by molar-refractivity contribution is 0.570. The summed E-state index contributed by atoms with van der Waals surface area (Å²) < 4.78 is 53.5. The van der Waals surface area contributed by atoms with E-state index in [1.54, 1.807) is 29.0 Å². The van der Waals surface area contributed by atoms with Crippen molar-refractivity contribution in [2.24, 2.45) is 0 Å². The number of thiophene rings is 2. The van der Waals surface area contributed by atoms with Crippen LogP contribution in [-0.2, 0) is 19.9 Å². The molecule has 10 heteroatoms. The molecule has 5 nitrogen and oxygen atoms in total. The minimum absolute atomic E-state index is 0.0281. The van der Waals surface area contributed by atoms with Crippen LogP contribution in [0.5, 0.6) is 0 Å². The number of hydrogen-bond donors (Lipinski definition) is 1. The van der Waals surface area contributed by atoms with Gasteiger partial charge in [0.25, 0.3) is 0 Å². The fourth-order valence-corrected chi connectivity index (χ4v) is 7.55. The Balaban J connectivity index is 1.89. The quantitative estimate of drug-likeness (QED) is 0.594. The van der Waals surface area contributed by atoms with E-state index in [9.17, 15) is 16.8 Å². The lowest BCUT2D eigenvalue weighted by atomic mass is 10.3. The van der Waals surface area contributed by atoms with Crippen LogP contribution in [0.2, 0.25) is 5.02 Å². The van der Waals surface area contributed by atoms with Crippen molar-refractivity contribution in [3.05, 3.63) is 69.2 Å². The molecule has 0 bridgehead atoms. The zero-order valence-corrected chi connectivity index (χ0v) is 17.2. The van der Waals surface area contributed by atoms with E-state index in [2.05, 4.69) is 4.72 Å². The van der Waals surface area contributed by atoms with Crippen molar-refractivity contribution >= 4 is 54.1 Å². The van der Waals surface area contributed by atoms with Crippen molar-refractivity contribution in [3.63, 3.8) is 0 Å². The fourth-order valence-electron chi connectivity index (χ4n) is 2.29. The van der Waals surface area contributed by atoms with Gasteiger partial charge in [-0.2, -0.15) is 0 Å². The molecule has 2 heterocycles. The van der Waals surface area contributed by atoms with Crippen LogP contribution in [0.25, 0.3) is 0 Å². The number of nitrogens with one attached hydrogen (secondary N) is 1. The molecule has 1 atom stereocenters. The average Bonchev–Trinajstić information content (AvgIpc) is 3.29. The summed E-state index contributed by atoms with van der Waals surface area (Å²) in [5.74, 6) is 0. The normalized spacial score (nSPS) is 13.6. The van der Waals surface area contributed by atoms with Crippen LogP contribution in [0, 0.1) is 0 Å². The average molecular weight is 448 g/mol. The molecular weight excluding hydrogens is 434 g/mol. The van der Waals surface area contributed by atoms with E-state index in [4.69, 9.17) is 11.6 Å². The summed E-state index contributed by atoms with van der Waals surface area (Å²) in [6.07, 6.45) is 0. The smallest absolute Gasteiger partial charge is 0.222 e. The molecule has 3 aromatic rings. The second-order valence-electron chi connectivity index (χ2n) is 5.29. The van der Waals surface area contributed by atoms with Crippen LogP contribution in [-0.4, -0.2) is 23.4 Å². The third-order valence-corrected chi connectivity index (χ3v) is 9.93. The van der Waals surface area contributed by atoms with Crippen LogP contribution < -0.4 is 4.72 Å². The Morgan fingerprint density at radius 1 is 0.923 bits per heavy atom. The topological polar surface area (TPSA) is 80.3 Å². The van der Waals surface area contributed by atoms with Gasteiger partial charge in [0.15, 0.2) is 9.84 Å². The number of halogens is 1. The molecule has 0 aliphatic heterocycles. The Labute approximate surface area is 165 Å². The third-order valence-electron chi connectivity index (χ3n) is 3.59. The van der Waals surface area contributed by atoms with Gasteiger partial charge in [-0.05, 0) is 47.2 Å². The van der Waals surface area contributed by atoms with Gasteiger partial charge < -0.3 is 0 Å². The second kappa shape index (κ2) is 7.79. The van der Waals surface area contributed by atoms with E-state index in [-0.39, 0.29) is 15.6 Å². The molecule has 0 unspecified atom stereocenters. The summed E-state index contributed by atoms with van der Waals surface area (Å²) >= 11 is 8.17. The van der Waals surface area contributed by atoms with E-state index >= 15 is 0 Å². The van der Waals surface area contributed by atoms with E-state index < -0.39 is 25.1 Å². The molecule has 0 spiro atoms. The lowest BCUT2D eigenvalue weighted by Crippen LogP contribution is -2.31. The molecule has 3 rings (SSSR count). The molecule has 0 fully saturated rings. The monoisotopic (exact) mass is 447 g/mol. The summed E-state index contributed by atoms with van der Waals surface area (Å²) in [6.45, 7) is -0.258. The molecule has 26 heavy (non-hydrogen) atoms. The Kier molecular flexibility index (Phi) is 5.85. The van der Waals surface area contributed by atoms with Gasteiger partial charge in [0.1, 0.15) is 9.46 Å². The van der Waals surface area contributed by atoms with E-state index in [0.717, 1.165) is 11.3 Å². The zero-order valence-electron chi connectivity index (χ0n) is 13.2. The lowest BCUT2D eigenvalue weighted by Gasteiger charge is -2.16. The molecule has 2 aromatic heterocycles. The second-order valence-corrected chi connectivity index (χ2v) is 11.8. The van der Waals surface area contributed by atoms with Crippen molar-refractivity contribution in [3.8, 4) is 0 Å². The highest BCUT2D eigenvalue weighted by atomic mass is 35.5. The molecule has 0 radical (unpaired) electrons. The molecule has 1 N–H and O–H groups in total. The molecule has 1 aromatic carbocycles. The van der Waals surface area contributed by atoms with Crippen molar-refractivity contribution in [2.45, 2.75) is 14.4 Å². The SMILES string of the molecule is O=S(=O)(NC[C@H](c1cccs1)S(=O)(=O)c1cccs1)c1ccc(Cl)cc1. The summed E-state index contributed by atoms with van der Waals surface area (Å²) in [5, 5.41) is 2.86. The highest BCUT2D eigenvalue weighted by Crippen LogP contribution is 2.33. The summed E-state index contributed by atoms with van der Waals surface area (Å²) in [7, 11) is -7.57. The maximum absolute atomic E-state index is 13.0. The minimum Gasteiger partial charge on any atom is -0.222 e. The molecular formula is C16H14ClNO4S4. The van der Waals surface area contributed by atoms with Gasteiger partial charge >= 0.3 is 0 Å². The summed E-state index contributed by atoms with van der Waals surface area (Å²) in [6, 6.07) is 12.3. The van der Waals surface area contributed by atoms with Crippen molar-refractivity contribution in [2.75, 3.05) is 6.54 Å². The number of rotatable bonds is 7. The number of benzene rings is 1. The Morgan fingerprint density at radius 3 is 2.15 bits per heavy atom. The Morgan fingerprint density at radius 2 is 1.58 bits per heavy atom. The predicted octanol–water partition coefficient (Wildman–Crippen LogP) is 3.96. The summed E-state index contributed by atoms with van der Waals surface area (Å²) in [4.78, 5) is 0.609. The first-order chi connectivity index (χ1) is 12.3. The van der Waals surface area contributed by atoms with Gasteiger partial charge in [-0.3, -0.25) is 0 Å². The number of sulfone groups is 1. The molecule has 138 valence electrons. The van der Waals surface area contributed by atoms with Gasteiger partial charge in [-0.1, -0.05) is 23.7 Å². The molecule has 0 aliphatic rings. The van der Waals surface area contributed by atoms with Crippen LogP contribution in [0.4, 0.5) is 0 Å². The highest BCUT2D eigenvalue weighted by Gasteiger charge is 2.32. The largest absolute Gasteiger partial charge is 0.240 e. The predicted molar refractivity (Wildman–Crippen MR) is 105 cm³/mol. The molecule has 0 amide bonds. The van der Waals surface area contributed by atoms with Crippen LogP contribution >= 0.6 is 34.3 Å². The molecule has 0 aliphatic carbocycles. The van der Waals surface area contributed by atoms with Crippen LogP contribution in [0.3, 0.4) is 0 Å². The standard InChI is InChI=1S/C16H14ClNO4S4/c17-12-5-7-13(8-6-12)26(21,22)18-11-15(14-3-1-9-23-14)25(19,20)16-4-2-10-24-16/h1-10,15,18H,11H2/t15-/m1/s1. The van der Waals surface area contributed by atoms with Gasteiger partial charge in [0.2, 0.25) is 10.0 Å². The first-order valence-electron chi connectivity index (χ1n) is 7.37. The molecule has 0 saturated heterocycles. The number of sulfonamides is 1. The molecule has 0 saturated carbocycles. The van der Waals surface area contributed by atoms with Crippen LogP contribution in [0.15, 0.2) is 68.4 Å². The maximum Gasteiger partial charge on any atom is 0.240 e. The van der Waals surface area contributed by atoms with E-state index in [1.165, 1.54) is 41.7 Å². The van der Waals surface area contributed by atoms with Gasteiger partial charge in [-0.15, -0.1) is 22.7 Å². The van der Waals surface area contributed by atoms with Crippen molar-refractivity contribution < 1.29 is 16.8 Å². The van der Waals surface area contributed by atoms with E-state index in [0.29, 0.717) is 9.90 Å². The van der Waals surface area contributed by atoms with Gasteiger partial charge in [0.05, 0.1) is 4.90 Å². The Hall–Kier alpha value is -1.23. The van der Waals surface area contributed by atoms with Crippen molar-refractivity contribution in [1.29, 1.82) is 0 Å². The van der Waals surface area contributed by atoms with Gasteiger partial charge in [-0.25, -0.2) is 21.6 Å². The van der Waals surface area contributed by atoms with Gasteiger partial charge in [0, 0.05) is 16.4 Å². The number of hydrogen-bond acceptors (Lipinski definition) is 6. The van der Waals surface area contributed by atoms with E-state index in [1.807, 2.05) is 0 Å². The van der Waals surface area contributed by atoms with Crippen LogP contribution in [0.1, 0.15) is 10.1 Å². The first-order valence-corrected chi connectivity index (χ1v) is 12.5. The Bertz CT molecular complexity index is 1060. The summed E-state index contributed by atoms with van der Waals surface area (Å²) in [5.41, 5.74) is 0. The third kappa shape index (κ3) is 4.19. The zero-order chi connectivity index (χ0) is 18.8. The van der Waals surface area contributed by atoms with Crippen molar-refractivity contribution in [1.82, 2.24) is 4.72 Å². The fraction of sp³-hybridized carbons (Fsp3) is 0.125. The minimum atomic E-state index is -3.86.